The van der Waals surface area contributed by atoms with Gasteiger partial charge in [0.1, 0.15) is 18.0 Å². The van der Waals surface area contributed by atoms with Crippen molar-refractivity contribution in [3.8, 4) is 11.5 Å². The van der Waals surface area contributed by atoms with E-state index >= 15 is 0 Å². The molecule has 0 bridgehead atoms. The smallest absolute Gasteiger partial charge is 0.240 e. The fraction of sp³-hybridized carbons (Fsp3) is 0.391. The number of hydrogen-bond acceptors (Lipinski definition) is 5. The van der Waals surface area contributed by atoms with E-state index in [2.05, 4.69) is 22.3 Å². The van der Waals surface area contributed by atoms with Gasteiger partial charge in [-0.3, -0.25) is 4.79 Å². The van der Waals surface area contributed by atoms with Crippen LogP contribution in [0.3, 0.4) is 0 Å². The van der Waals surface area contributed by atoms with Gasteiger partial charge >= 0.3 is 0 Å². The number of nitrogens with zero attached hydrogens (tertiary/aromatic N) is 3. The van der Waals surface area contributed by atoms with E-state index in [4.69, 9.17) is 14.5 Å². The Morgan fingerprint density at radius 3 is 2.60 bits per heavy atom. The van der Waals surface area contributed by atoms with Gasteiger partial charge in [0.05, 0.1) is 14.2 Å². The third-order valence-corrected chi connectivity index (χ3v) is 5.53. The van der Waals surface area contributed by atoms with Gasteiger partial charge in [-0.05, 0) is 55.2 Å². The predicted molar refractivity (Wildman–Crippen MR) is 117 cm³/mol. The summed E-state index contributed by atoms with van der Waals surface area (Å²) in [7, 11) is 3.20. The second kappa shape index (κ2) is 9.07. The van der Waals surface area contributed by atoms with Crippen molar-refractivity contribution >= 4 is 22.8 Å². The quantitative estimate of drug-likeness (QED) is 0.649. The monoisotopic (exact) mass is 408 g/mol. The summed E-state index contributed by atoms with van der Waals surface area (Å²) in [5.74, 6) is 2.25. The Kier molecular flexibility index (Phi) is 6.07. The highest BCUT2D eigenvalue weighted by Crippen LogP contribution is 2.27. The van der Waals surface area contributed by atoms with Crippen molar-refractivity contribution in [2.24, 2.45) is 0 Å². The van der Waals surface area contributed by atoms with Crippen LogP contribution >= 0.6 is 0 Å². The molecule has 1 saturated heterocycles. The number of carbonyl (C=O) groups is 1. The molecule has 0 aliphatic carbocycles. The Bertz CT molecular complexity index is 1020. The Morgan fingerprint density at radius 2 is 1.83 bits per heavy atom. The van der Waals surface area contributed by atoms with Gasteiger partial charge in [0.25, 0.3) is 0 Å². The van der Waals surface area contributed by atoms with E-state index < -0.39 is 0 Å². The number of aromatic nitrogens is 2. The van der Waals surface area contributed by atoms with Crippen molar-refractivity contribution in [2.45, 2.75) is 32.4 Å². The Morgan fingerprint density at radius 1 is 1.03 bits per heavy atom. The first-order valence-electron chi connectivity index (χ1n) is 10.4. The third-order valence-electron chi connectivity index (χ3n) is 5.53. The maximum absolute atomic E-state index is 12.6. The number of piperidine rings is 1. The van der Waals surface area contributed by atoms with Gasteiger partial charge in [0.2, 0.25) is 5.91 Å². The molecule has 1 N–H and O–H groups in total. The molecule has 7 nitrogen and oxygen atoms in total. The number of amides is 1. The minimum Gasteiger partial charge on any atom is -0.493 e. The van der Waals surface area contributed by atoms with Crippen molar-refractivity contribution in [2.75, 3.05) is 32.2 Å². The molecule has 0 saturated carbocycles. The van der Waals surface area contributed by atoms with Gasteiger partial charge in [0.15, 0.2) is 11.5 Å². The van der Waals surface area contributed by atoms with Crippen molar-refractivity contribution in [3.63, 3.8) is 0 Å². The van der Waals surface area contributed by atoms with Crippen molar-refractivity contribution in [3.05, 3.63) is 48.2 Å². The number of rotatable bonds is 7. The molecule has 2 aromatic heterocycles. The molecule has 1 aromatic carbocycles. The topological polar surface area (TPSA) is 68.6 Å². The van der Waals surface area contributed by atoms with Gasteiger partial charge in [-0.1, -0.05) is 6.07 Å². The summed E-state index contributed by atoms with van der Waals surface area (Å²) in [6, 6.07) is 11.8. The van der Waals surface area contributed by atoms with E-state index in [1.807, 2.05) is 35.0 Å². The van der Waals surface area contributed by atoms with Gasteiger partial charge < -0.3 is 24.3 Å². The van der Waals surface area contributed by atoms with Crippen LogP contribution in [0.25, 0.3) is 11.0 Å². The molecule has 4 rings (SSSR count). The van der Waals surface area contributed by atoms with Gasteiger partial charge in [0, 0.05) is 31.2 Å². The number of benzene rings is 1. The molecule has 1 fully saturated rings. The van der Waals surface area contributed by atoms with E-state index in [-0.39, 0.29) is 12.5 Å². The van der Waals surface area contributed by atoms with Crippen LogP contribution < -0.4 is 19.7 Å². The van der Waals surface area contributed by atoms with E-state index in [9.17, 15) is 4.79 Å². The Hall–Kier alpha value is -3.22. The summed E-state index contributed by atoms with van der Waals surface area (Å²) in [6.45, 7) is 2.74. The summed E-state index contributed by atoms with van der Waals surface area (Å²) >= 11 is 0. The maximum atomic E-state index is 12.6. The first-order chi connectivity index (χ1) is 14.7. The largest absolute Gasteiger partial charge is 0.493 e. The van der Waals surface area contributed by atoms with Crippen LogP contribution in [0, 0.1) is 0 Å². The first kappa shape index (κ1) is 20.1. The number of anilines is 1. The van der Waals surface area contributed by atoms with E-state index in [1.165, 1.54) is 19.3 Å². The lowest BCUT2D eigenvalue weighted by molar-refractivity contribution is -0.121. The number of hydrogen-bond donors (Lipinski definition) is 1. The van der Waals surface area contributed by atoms with E-state index in [0.29, 0.717) is 18.0 Å². The molecular formula is C23H28N4O3. The molecule has 0 unspecified atom stereocenters. The highest BCUT2D eigenvalue weighted by Gasteiger charge is 2.14. The minimum atomic E-state index is -0.0625. The number of methoxy groups -OCH3 is 2. The molecule has 3 aromatic rings. The Balaban J connectivity index is 1.42. The van der Waals surface area contributed by atoms with Crippen LogP contribution in [0.1, 0.15) is 24.8 Å². The summed E-state index contributed by atoms with van der Waals surface area (Å²) < 4.78 is 12.5. The lowest BCUT2D eigenvalue weighted by atomic mass is 10.1. The normalized spacial score (nSPS) is 14.0. The zero-order valence-electron chi connectivity index (χ0n) is 17.6. The van der Waals surface area contributed by atoms with E-state index in [0.717, 1.165) is 35.5 Å². The van der Waals surface area contributed by atoms with Crippen LogP contribution in [0.5, 0.6) is 11.5 Å². The van der Waals surface area contributed by atoms with E-state index in [1.54, 1.807) is 14.2 Å². The molecule has 7 heteroatoms. The summed E-state index contributed by atoms with van der Waals surface area (Å²) in [6.07, 6.45) is 5.63. The predicted octanol–water partition coefficient (Wildman–Crippen LogP) is 3.36. The average molecular weight is 409 g/mol. The summed E-state index contributed by atoms with van der Waals surface area (Å²) in [4.78, 5) is 19.7. The SMILES string of the molecule is COc1ccc(CNC(=O)Cn2ccc3ccc(N4CCCCC4)nc32)cc1OC. The number of nitrogens with one attached hydrogen (secondary N) is 1. The lowest BCUT2D eigenvalue weighted by Gasteiger charge is -2.27. The molecule has 1 amide bonds. The third kappa shape index (κ3) is 4.35. The highest BCUT2D eigenvalue weighted by molar-refractivity contribution is 5.82. The fourth-order valence-electron chi connectivity index (χ4n) is 3.88. The zero-order valence-corrected chi connectivity index (χ0v) is 17.6. The van der Waals surface area contributed by atoms with Crippen molar-refractivity contribution in [1.29, 1.82) is 0 Å². The van der Waals surface area contributed by atoms with Gasteiger partial charge in [-0.15, -0.1) is 0 Å². The van der Waals surface area contributed by atoms with Crippen LogP contribution in [0.4, 0.5) is 5.82 Å². The summed E-state index contributed by atoms with van der Waals surface area (Å²) in [5.41, 5.74) is 1.79. The number of pyridine rings is 1. The second-order valence-electron chi connectivity index (χ2n) is 7.54. The van der Waals surface area contributed by atoms with Gasteiger partial charge in [-0.25, -0.2) is 4.98 Å². The molecule has 30 heavy (non-hydrogen) atoms. The number of ether oxygens (including phenoxy) is 2. The zero-order chi connectivity index (χ0) is 20.9. The maximum Gasteiger partial charge on any atom is 0.240 e. The minimum absolute atomic E-state index is 0.0625. The first-order valence-corrected chi connectivity index (χ1v) is 10.4. The molecule has 3 heterocycles. The van der Waals surface area contributed by atoms with Gasteiger partial charge in [-0.2, -0.15) is 0 Å². The molecule has 0 atom stereocenters. The second-order valence-corrected chi connectivity index (χ2v) is 7.54. The molecular weight excluding hydrogens is 380 g/mol. The molecule has 158 valence electrons. The van der Waals surface area contributed by atoms with Crippen LogP contribution in [0.15, 0.2) is 42.6 Å². The van der Waals surface area contributed by atoms with Crippen molar-refractivity contribution in [1.82, 2.24) is 14.9 Å². The number of fused-ring (bicyclic) bond motifs is 1. The fourth-order valence-corrected chi connectivity index (χ4v) is 3.88. The summed E-state index contributed by atoms with van der Waals surface area (Å²) in [5, 5.41) is 4.02. The van der Waals surface area contributed by atoms with Crippen molar-refractivity contribution < 1.29 is 14.3 Å². The molecule has 1 aliphatic rings. The Labute approximate surface area is 176 Å². The van der Waals surface area contributed by atoms with Crippen LogP contribution in [-0.2, 0) is 17.9 Å². The average Bonchev–Trinajstić information content (AvgIpc) is 3.19. The van der Waals surface area contributed by atoms with Crippen LogP contribution in [-0.4, -0.2) is 42.8 Å². The van der Waals surface area contributed by atoms with Crippen LogP contribution in [0.2, 0.25) is 0 Å². The molecule has 1 aliphatic heterocycles. The molecule has 0 radical (unpaired) electrons. The standard InChI is InChI=1S/C23H28N4O3/c1-29-19-8-6-17(14-20(19)30-2)15-24-22(28)16-27-13-10-18-7-9-21(25-23(18)27)26-11-4-3-5-12-26/h6-10,13-14H,3-5,11-12,15-16H2,1-2H3,(H,24,28). The lowest BCUT2D eigenvalue weighted by Crippen LogP contribution is -2.30. The number of carbonyl (C=O) groups excluding carboxylic acids is 1. The molecule has 0 spiro atoms. The highest BCUT2D eigenvalue weighted by atomic mass is 16.5.